The van der Waals surface area contributed by atoms with Gasteiger partial charge in [0.2, 0.25) is 11.8 Å². The summed E-state index contributed by atoms with van der Waals surface area (Å²) in [5.41, 5.74) is 5.67. The number of hydrogen-bond donors (Lipinski definition) is 2. The van der Waals surface area contributed by atoms with Gasteiger partial charge in [0.25, 0.3) is 0 Å². The van der Waals surface area contributed by atoms with Crippen molar-refractivity contribution in [3.8, 4) is 0 Å². The molecule has 3 N–H and O–H groups in total. The van der Waals surface area contributed by atoms with Crippen molar-refractivity contribution in [2.24, 2.45) is 5.92 Å². The highest BCUT2D eigenvalue weighted by molar-refractivity contribution is 5.60. The molecule has 1 atom stereocenters. The van der Waals surface area contributed by atoms with Crippen molar-refractivity contribution >= 4 is 17.5 Å². The molecular weight excluding hydrogens is 250 g/mol. The number of nitrogens with zero attached hydrogens (tertiary/aromatic N) is 3. The number of hydrogen-bond acceptors (Lipinski definition) is 7. The monoisotopic (exact) mass is 267 g/mol. The lowest BCUT2D eigenvalue weighted by Crippen LogP contribution is -2.13. The van der Waals surface area contributed by atoms with Crippen LogP contribution in [0.25, 0.3) is 0 Å². The number of nitro groups is 1. The number of aromatic nitrogens is 2. The number of nitrogens with two attached hydrogens (primary N) is 1. The first-order valence-corrected chi connectivity index (χ1v) is 6.18. The van der Waals surface area contributed by atoms with Crippen LogP contribution in [-0.2, 0) is 4.74 Å². The van der Waals surface area contributed by atoms with Crippen LogP contribution in [0.3, 0.4) is 0 Å². The smallest absolute Gasteiger partial charge is 0.332 e. The zero-order chi connectivity index (χ0) is 13.8. The molecule has 1 aromatic heterocycles. The lowest BCUT2D eigenvalue weighted by atomic mass is 10.1. The van der Waals surface area contributed by atoms with Crippen LogP contribution < -0.4 is 11.1 Å². The quantitative estimate of drug-likeness (QED) is 0.606. The van der Waals surface area contributed by atoms with E-state index in [0.717, 1.165) is 26.1 Å². The normalized spacial score (nSPS) is 18.5. The minimum atomic E-state index is -0.490. The van der Waals surface area contributed by atoms with Crippen LogP contribution in [0, 0.1) is 23.0 Å². The summed E-state index contributed by atoms with van der Waals surface area (Å²) in [5, 5.41) is 14.0. The van der Waals surface area contributed by atoms with Crippen molar-refractivity contribution in [1.82, 2.24) is 9.97 Å². The highest BCUT2D eigenvalue weighted by Gasteiger charge is 2.22. The van der Waals surface area contributed by atoms with Crippen molar-refractivity contribution in [1.29, 1.82) is 0 Å². The van der Waals surface area contributed by atoms with Crippen molar-refractivity contribution in [2.75, 3.05) is 30.8 Å². The summed E-state index contributed by atoms with van der Waals surface area (Å²) in [7, 11) is 0. The Morgan fingerprint density at radius 3 is 3.00 bits per heavy atom. The van der Waals surface area contributed by atoms with Crippen LogP contribution in [0.4, 0.5) is 17.5 Å². The SMILES string of the molecule is Cc1nc(N)nc(NCCC2CCOC2)c1[N+](=O)[O-]. The lowest BCUT2D eigenvalue weighted by molar-refractivity contribution is -0.385. The van der Waals surface area contributed by atoms with E-state index < -0.39 is 4.92 Å². The van der Waals surface area contributed by atoms with Crippen LogP contribution in [0.5, 0.6) is 0 Å². The predicted molar refractivity (Wildman–Crippen MR) is 69.9 cm³/mol. The molecule has 104 valence electrons. The molecule has 1 fully saturated rings. The van der Waals surface area contributed by atoms with E-state index >= 15 is 0 Å². The fourth-order valence-corrected chi connectivity index (χ4v) is 2.14. The summed E-state index contributed by atoms with van der Waals surface area (Å²) < 4.78 is 5.28. The highest BCUT2D eigenvalue weighted by atomic mass is 16.6. The van der Waals surface area contributed by atoms with Gasteiger partial charge in [-0.2, -0.15) is 4.98 Å². The van der Waals surface area contributed by atoms with E-state index in [1.54, 1.807) is 6.92 Å². The second-order valence-electron chi connectivity index (χ2n) is 4.57. The van der Waals surface area contributed by atoms with Gasteiger partial charge in [-0.15, -0.1) is 0 Å². The van der Waals surface area contributed by atoms with E-state index in [1.807, 2.05) is 0 Å². The fourth-order valence-electron chi connectivity index (χ4n) is 2.14. The topological polar surface area (TPSA) is 116 Å². The average molecular weight is 267 g/mol. The van der Waals surface area contributed by atoms with E-state index in [-0.39, 0.29) is 23.1 Å². The van der Waals surface area contributed by atoms with Gasteiger partial charge in [-0.1, -0.05) is 0 Å². The van der Waals surface area contributed by atoms with Crippen LogP contribution >= 0.6 is 0 Å². The van der Waals surface area contributed by atoms with E-state index in [4.69, 9.17) is 10.5 Å². The Hall–Kier alpha value is -1.96. The molecule has 19 heavy (non-hydrogen) atoms. The summed E-state index contributed by atoms with van der Waals surface area (Å²) in [4.78, 5) is 18.2. The molecule has 0 amide bonds. The Morgan fingerprint density at radius 1 is 1.58 bits per heavy atom. The van der Waals surface area contributed by atoms with E-state index in [0.29, 0.717) is 12.5 Å². The Labute approximate surface area is 110 Å². The Balaban J connectivity index is 2.03. The van der Waals surface area contributed by atoms with Crippen LogP contribution in [0.2, 0.25) is 0 Å². The number of nitrogens with one attached hydrogen (secondary N) is 1. The van der Waals surface area contributed by atoms with Gasteiger partial charge in [-0.3, -0.25) is 10.1 Å². The third-order valence-corrected chi connectivity index (χ3v) is 3.13. The van der Waals surface area contributed by atoms with Gasteiger partial charge in [-0.25, -0.2) is 4.98 Å². The largest absolute Gasteiger partial charge is 0.381 e. The second-order valence-corrected chi connectivity index (χ2v) is 4.57. The van der Waals surface area contributed by atoms with Gasteiger partial charge < -0.3 is 15.8 Å². The van der Waals surface area contributed by atoms with Gasteiger partial charge in [0.05, 0.1) is 4.92 Å². The van der Waals surface area contributed by atoms with E-state index in [1.165, 1.54) is 0 Å². The van der Waals surface area contributed by atoms with Crippen molar-refractivity contribution in [3.63, 3.8) is 0 Å². The molecule has 1 aliphatic rings. The molecule has 2 rings (SSSR count). The number of ether oxygens (including phenoxy) is 1. The Bertz CT molecular complexity index is 474. The molecule has 1 aromatic rings. The molecule has 0 spiro atoms. The summed E-state index contributed by atoms with van der Waals surface area (Å²) in [5.74, 6) is 0.732. The highest BCUT2D eigenvalue weighted by Crippen LogP contribution is 2.26. The maximum absolute atomic E-state index is 11.0. The molecule has 0 bridgehead atoms. The number of rotatable bonds is 5. The molecule has 0 radical (unpaired) electrons. The average Bonchev–Trinajstić information content (AvgIpc) is 2.80. The summed E-state index contributed by atoms with van der Waals surface area (Å²) >= 11 is 0. The zero-order valence-corrected chi connectivity index (χ0v) is 10.8. The van der Waals surface area contributed by atoms with Gasteiger partial charge >= 0.3 is 5.69 Å². The van der Waals surface area contributed by atoms with Gasteiger partial charge in [0.15, 0.2) is 0 Å². The number of aryl methyl sites for hydroxylation is 1. The first-order chi connectivity index (χ1) is 9.08. The third kappa shape index (κ3) is 3.28. The van der Waals surface area contributed by atoms with Crippen molar-refractivity contribution in [3.05, 3.63) is 15.8 Å². The van der Waals surface area contributed by atoms with E-state index in [9.17, 15) is 10.1 Å². The first-order valence-electron chi connectivity index (χ1n) is 6.18. The molecule has 0 aliphatic carbocycles. The van der Waals surface area contributed by atoms with E-state index in [2.05, 4.69) is 15.3 Å². The van der Waals surface area contributed by atoms with Crippen LogP contribution in [0.1, 0.15) is 18.5 Å². The van der Waals surface area contributed by atoms with Crippen LogP contribution in [-0.4, -0.2) is 34.6 Å². The van der Waals surface area contributed by atoms with Gasteiger partial charge in [0.1, 0.15) is 5.69 Å². The number of nitrogen functional groups attached to an aromatic ring is 1. The summed E-state index contributed by atoms with van der Waals surface area (Å²) in [6.45, 7) is 3.70. The molecule has 1 aliphatic heterocycles. The Kier molecular flexibility index (Phi) is 4.10. The maximum Gasteiger partial charge on any atom is 0.332 e. The molecule has 0 saturated carbocycles. The minimum Gasteiger partial charge on any atom is -0.381 e. The van der Waals surface area contributed by atoms with Crippen molar-refractivity contribution in [2.45, 2.75) is 19.8 Å². The maximum atomic E-state index is 11.0. The standard InChI is InChI=1S/C11H17N5O3/c1-7-9(16(17)18)10(15-11(12)14-7)13-4-2-8-3-5-19-6-8/h8H,2-6H2,1H3,(H3,12,13,14,15). The zero-order valence-electron chi connectivity index (χ0n) is 10.8. The summed E-state index contributed by atoms with van der Waals surface area (Å²) in [6, 6.07) is 0. The molecule has 8 nitrogen and oxygen atoms in total. The second kappa shape index (κ2) is 5.79. The van der Waals surface area contributed by atoms with Crippen molar-refractivity contribution < 1.29 is 9.66 Å². The third-order valence-electron chi connectivity index (χ3n) is 3.13. The van der Waals surface area contributed by atoms with Gasteiger partial charge in [0, 0.05) is 19.8 Å². The predicted octanol–water partition coefficient (Wildman–Crippen LogP) is 1.11. The first kappa shape index (κ1) is 13.5. The summed E-state index contributed by atoms with van der Waals surface area (Å²) in [6.07, 6.45) is 1.93. The van der Waals surface area contributed by atoms with Gasteiger partial charge in [-0.05, 0) is 25.7 Å². The minimum absolute atomic E-state index is 0.0369. The lowest BCUT2D eigenvalue weighted by Gasteiger charge is -2.10. The molecule has 1 saturated heterocycles. The Morgan fingerprint density at radius 2 is 2.37 bits per heavy atom. The molecular formula is C11H17N5O3. The fraction of sp³-hybridized carbons (Fsp3) is 0.636. The molecule has 1 unspecified atom stereocenters. The van der Waals surface area contributed by atoms with Crippen LogP contribution in [0.15, 0.2) is 0 Å². The molecule has 8 heteroatoms. The molecule has 2 heterocycles. The molecule has 0 aromatic carbocycles. The number of anilines is 2.